The summed E-state index contributed by atoms with van der Waals surface area (Å²) >= 11 is 0. The van der Waals surface area contributed by atoms with E-state index in [2.05, 4.69) is 20.1 Å². The van der Waals surface area contributed by atoms with Gasteiger partial charge in [0, 0.05) is 0 Å². The zero-order chi connectivity index (χ0) is 8.39. The van der Waals surface area contributed by atoms with E-state index in [4.69, 9.17) is 5.26 Å². The first-order chi connectivity index (χ1) is 5.92. The summed E-state index contributed by atoms with van der Waals surface area (Å²) < 4.78 is 4.67. The van der Waals surface area contributed by atoms with Crippen molar-refractivity contribution in [1.29, 1.82) is 5.26 Å². The van der Waals surface area contributed by atoms with Gasteiger partial charge in [-0.2, -0.15) is 0 Å². The Kier molecular flexibility index (Phi) is 1.38. The van der Waals surface area contributed by atoms with Crippen LogP contribution in [0.2, 0.25) is 0 Å². The minimum atomic E-state index is 0.444. The molecule has 12 heavy (non-hydrogen) atoms. The van der Waals surface area contributed by atoms with Crippen LogP contribution in [0.5, 0.6) is 5.75 Å². The van der Waals surface area contributed by atoms with Crippen LogP contribution in [-0.4, -0.2) is 15.4 Å². The van der Waals surface area contributed by atoms with Gasteiger partial charge in [0.25, 0.3) is 6.26 Å². The third kappa shape index (κ3) is 0.864. The van der Waals surface area contributed by atoms with Crippen molar-refractivity contribution in [2.75, 3.05) is 0 Å². The van der Waals surface area contributed by atoms with E-state index in [1.54, 1.807) is 24.5 Å². The summed E-state index contributed by atoms with van der Waals surface area (Å²) in [6.45, 7) is 0. The number of benzene rings is 1. The van der Waals surface area contributed by atoms with Gasteiger partial charge in [-0.15, -0.1) is 10.4 Å². The second-order valence-electron chi connectivity index (χ2n) is 2.16. The van der Waals surface area contributed by atoms with Gasteiger partial charge < -0.3 is 4.74 Å². The highest BCUT2D eigenvalue weighted by Gasteiger charge is 2.03. The molecular weight excluding hydrogens is 156 g/mol. The van der Waals surface area contributed by atoms with Crippen LogP contribution < -0.4 is 4.74 Å². The lowest BCUT2D eigenvalue weighted by atomic mass is 10.3. The molecule has 1 N–H and O–H groups in total. The number of fused-ring (bicyclic) bond motifs is 1. The number of nitriles is 1. The van der Waals surface area contributed by atoms with Gasteiger partial charge in [0.05, 0.1) is 0 Å². The molecule has 2 aromatic rings. The topological polar surface area (TPSA) is 74.6 Å². The van der Waals surface area contributed by atoms with Crippen molar-refractivity contribution in [2.45, 2.75) is 0 Å². The Bertz CT molecular complexity index is 442. The molecule has 0 aliphatic rings. The Morgan fingerprint density at radius 1 is 1.50 bits per heavy atom. The van der Waals surface area contributed by atoms with Crippen LogP contribution in [0, 0.1) is 11.5 Å². The van der Waals surface area contributed by atoms with Crippen LogP contribution in [0.3, 0.4) is 0 Å². The summed E-state index contributed by atoms with van der Waals surface area (Å²) in [7, 11) is 0. The Hall–Kier alpha value is -2.09. The summed E-state index contributed by atoms with van der Waals surface area (Å²) in [6, 6.07) is 5.20. The third-order valence-corrected chi connectivity index (χ3v) is 1.48. The van der Waals surface area contributed by atoms with Gasteiger partial charge in [0.2, 0.25) is 0 Å². The predicted molar refractivity (Wildman–Crippen MR) is 40.1 cm³/mol. The van der Waals surface area contributed by atoms with E-state index >= 15 is 0 Å². The molecule has 1 aromatic carbocycles. The highest BCUT2D eigenvalue weighted by molar-refractivity contribution is 5.80. The molecule has 1 aromatic heterocycles. The predicted octanol–water partition coefficient (Wildman–Crippen LogP) is 0.818. The van der Waals surface area contributed by atoms with Crippen LogP contribution in [0.15, 0.2) is 18.2 Å². The summed E-state index contributed by atoms with van der Waals surface area (Å²) in [5, 5.41) is 18.3. The molecule has 0 saturated heterocycles. The number of nitrogens with zero attached hydrogens (tertiary/aromatic N) is 3. The molecule has 0 amide bonds. The molecule has 0 atom stereocenters. The van der Waals surface area contributed by atoms with Crippen molar-refractivity contribution in [3.63, 3.8) is 0 Å². The van der Waals surface area contributed by atoms with Gasteiger partial charge in [-0.05, 0) is 12.1 Å². The smallest absolute Gasteiger partial charge is 0.292 e. The molecule has 0 bridgehead atoms. The number of aromatic nitrogens is 3. The molecule has 0 aliphatic carbocycles. The van der Waals surface area contributed by atoms with Gasteiger partial charge >= 0.3 is 0 Å². The molecule has 0 aliphatic heterocycles. The average Bonchev–Trinajstić information content (AvgIpc) is 2.53. The number of ether oxygens (including phenoxy) is 1. The lowest BCUT2D eigenvalue weighted by molar-refractivity contribution is 0.512. The van der Waals surface area contributed by atoms with Crippen molar-refractivity contribution < 1.29 is 4.74 Å². The highest BCUT2D eigenvalue weighted by Crippen LogP contribution is 2.20. The Morgan fingerprint density at radius 2 is 2.42 bits per heavy atom. The summed E-state index contributed by atoms with van der Waals surface area (Å²) in [4.78, 5) is 0. The zero-order valence-corrected chi connectivity index (χ0v) is 5.98. The molecule has 0 fully saturated rings. The number of hydrogen-bond acceptors (Lipinski definition) is 4. The van der Waals surface area contributed by atoms with E-state index in [9.17, 15) is 0 Å². The minimum absolute atomic E-state index is 0.444. The van der Waals surface area contributed by atoms with Gasteiger partial charge in [0.15, 0.2) is 5.75 Å². The first kappa shape index (κ1) is 6.61. The average molecular weight is 160 g/mol. The summed E-state index contributed by atoms with van der Waals surface area (Å²) in [6.07, 6.45) is 1.59. The van der Waals surface area contributed by atoms with E-state index < -0.39 is 0 Å². The standard InChI is InChI=1S/C7H4N4O/c8-4-12-6-3-1-2-5-7(6)10-11-9-5/h1-3H,(H,9,10,11). The fourth-order valence-corrected chi connectivity index (χ4v) is 0.978. The monoisotopic (exact) mass is 160 g/mol. The second-order valence-corrected chi connectivity index (χ2v) is 2.16. The number of para-hydroxylation sites is 1. The maximum atomic E-state index is 8.29. The van der Waals surface area contributed by atoms with Gasteiger partial charge in [-0.25, -0.2) is 0 Å². The van der Waals surface area contributed by atoms with Crippen LogP contribution in [0.4, 0.5) is 0 Å². The van der Waals surface area contributed by atoms with Crippen LogP contribution in [0.25, 0.3) is 11.0 Å². The van der Waals surface area contributed by atoms with E-state index in [1.807, 2.05) is 0 Å². The minimum Gasteiger partial charge on any atom is -0.386 e. The SMILES string of the molecule is N#COc1cccc2nn[nH]c12. The van der Waals surface area contributed by atoms with Crippen molar-refractivity contribution in [1.82, 2.24) is 15.4 Å². The van der Waals surface area contributed by atoms with E-state index in [0.29, 0.717) is 16.8 Å². The van der Waals surface area contributed by atoms with Crippen molar-refractivity contribution >= 4 is 11.0 Å². The number of aromatic amines is 1. The summed E-state index contributed by atoms with van der Waals surface area (Å²) in [5.74, 6) is 0.444. The molecule has 5 nitrogen and oxygen atoms in total. The molecular formula is C7H4N4O. The normalized spacial score (nSPS) is 9.58. The second kappa shape index (κ2) is 2.51. The first-order valence-corrected chi connectivity index (χ1v) is 3.27. The first-order valence-electron chi connectivity index (χ1n) is 3.27. The fourth-order valence-electron chi connectivity index (χ4n) is 0.978. The number of rotatable bonds is 1. The number of H-pyrrole nitrogens is 1. The molecule has 2 rings (SSSR count). The highest BCUT2D eigenvalue weighted by atomic mass is 16.5. The fraction of sp³-hybridized carbons (Fsp3) is 0. The van der Waals surface area contributed by atoms with Gasteiger partial charge in [-0.1, -0.05) is 11.3 Å². The molecule has 1 heterocycles. The molecule has 0 spiro atoms. The molecule has 0 radical (unpaired) electrons. The largest absolute Gasteiger partial charge is 0.386 e. The van der Waals surface area contributed by atoms with Crippen molar-refractivity contribution in [3.8, 4) is 12.0 Å². The number of hydrogen-bond donors (Lipinski definition) is 1. The summed E-state index contributed by atoms with van der Waals surface area (Å²) in [5.41, 5.74) is 1.32. The maximum absolute atomic E-state index is 8.29. The Labute approximate surface area is 67.6 Å². The maximum Gasteiger partial charge on any atom is 0.292 e. The quantitative estimate of drug-likeness (QED) is 0.626. The van der Waals surface area contributed by atoms with Crippen molar-refractivity contribution in [2.24, 2.45) is 0 Å². The van der Waals surface area contributed by atoms with E-state index in [1.165, 1.54) is 0 Å². The third-order valence-electron chi connectivity index (χ3n) is 1.48. The lowest BCUT2D eigenvalue weighted by Crippen LogP contribution is -1.82. The van der Waals surface area contributed by atoms with Crippen LogP contribution >= 0.6 is 0 Å². The van der Waals surface area contributed by atoms with Crippen LogP contribution in [0.1, 0.15) is 0 Å². The molecule has 0 unspecified atom stereocenters. The van der Waals surface area contributed by atoms with Crippen molar-refractivity contribution in [3.05, 3.63) is 18.2 Å². The van der Waals surface area contributed by atoms with Gasteiger partial charge in [0.1, 0.15) is 11.0 Å². The van der Waals surface area contributed by atoms with E-state index in [-0.39, 0.29) is 0 Å². The zero-order valence-electron chi connectivity index (χ0n) is 5.98. The van der Waals surface area contributed by atoms with E-state index in [0.717, 1.165) is 0 Å². The Morgan fingerprint density at radius 3 is 3.25 bits per heavy atom. The lowest BCUT2D eigenvalue weighted by Gasteiger charge is -1.93. The number of nitrogens with one attached hydrogen (secondary N) is 1. The molecule has 0 saturated carbocycles. The van der Waals surface area contributed by atoms with Gasteiger partial charge in [-0.3, -0.25) is 5.10 Å². The molecule has 58 valence electrons. The Balaban J connectivity index is 2.67. The van der Waals surface area contributed by atoms with Crippen LogP contribution in [-0.2, 0) is 0 Å². The molecule has 5 heteroatoms.